The third-order valence-electron chi connectivity index (χ3n) is 2.02. The molecule has 0 aliphatic carbocycles. The van der Waals surface area contributed by atoms with Gasteiger partial charge in [-0.15, -0.1) is 0 Å². The molecule has 0 radical (unpaired) electrons. The standard InChI is InChI=1S/C11H9FN2O/c12-11-7-14(8-13-11)6-10(15)9-4-2-1-3-5-9/h1-5,7-8H,6H2. The second-order valence-electron chi connectivity index (χ2n) is 3.16. The number of carbonyl (C=O) groups excluding carboxylic acids is 1. The Morgan fingerprint density at radius 3 is 2.67 bits per heavy atom. The van der Waals surface area contributed by atoms with Crippen molar-refractivity contribution in [2.24, 2.45) is 0 Å². The van der Waals surface area contributed by atoms with Crippen molar-refractivity contribution in [1.82, 2.24) is 9.55 Å². The van der Waals surface area contributed by atoms with Crippen molar-refractivity contribution in [3.8, 4) is 0 Å². The van der Waals surface area contributed by atoms with E-state index in [0.29, 0.717) is 5.56 Å². The summed E-state index contributed by atoms with van der Waals surface area (Å²) < 4.78 is 14.0. The molecular weight excluding hydrogens is 195 g/mol. The monoisotopic (exact) mass is 204 g/mol. The molecule has 4 heteroatoms. The van der Waals surface area contributed by atoms with Gasteiger partial charge in [0.1, 0.15) is 0 Å². The minimum atomic E-state index is -0.573. The second kappa shape index (κ2) is 4.04. The van der Waals surface area contributed by atoms with Gasteiger partial charge in [-0.25, -0.2) is 4.98 Å². The van der Waals surface area contributed by atoms with Gasteiger partial charge < -0.3 is 4.57 Å². The highest BCUT2D eigenvalue weighted by atomic mass is 19.1. The van der Waals surface area contributed by atoms with E-state index in [2.05, 4.69) is 4.98 Å². The van der Waals surface area contributed by atoms with E-state index in [0.717, 1.165) is 0 Å². The van der Waals surface area contributed by atoms with Crippen molar-refractivity contribution in [2.45, 2.75) is 6.54 Å². The number of aromatic nitrogens is 2. The number of ketones is 1. The minimum Gasteiger partial charge on any atom is -0.327 e. The number of benzene rings is 1. The van der Waals surface area contributed by atoms with Gasteiger partial charge in [-0.05, 0) is 0 Å². The van der Waals surface area contributed by atoms with Gasteiger partial charge in [0.25, 0.3) is 0 Å². The Kier molecular flexibility index (Phi) is 2.58. The summed E-state index contributed by atoms with van der Waals surface area (Å²) in [5, 5.41) is 0. The Hall–Kier alpha value is -1.97. The molecule has 0 bridgehead atoms. The zero-order valence-electron chi connectivity index (χ0n) is 7.93. The molecule has 0 spiro atoms. The number of nitrogens with zero attached hydrogens (tertiary/aromatic N) is 2. The Bertz CT molecular complexity index is 464. The zero-order chi connectivity index (χ0) is 10.7. The van der Waals surface area contributed by atoms with Gasteiger partial charge in [-0.1, -0.05) is 30.3 Å². The number of hydrogen-bond donors (Lipinski definition) is 0. The molecule has 0 saturated carbocycles. The van der Waals surface area contributed by atoms with Crippen LogP contribution >= 0.6 is 0 Å². The van der Waals surface area contributed by atoms with Crippen molar-refractivity contribution in [2.75, 3.05) is 0 Å². The van der Waals surface area contributed by atoms with Crippen LogP contribution in [0.2, 0.25) is 0 Å². The van der Waals surface area contributed by atoms with E-state index >= 15 is 0 Å². The van der Waals surface area contributed by atoms with Crippen molar-refractivity contribution in [3.63, 3.8) is 0 Å². The maximum Gasteiger partial charge on any atom is 0.230 e. The molecule has 0 amide bonds. The fourth-order valence-electron chi connectivity index (χ4n) is 1.30. The topological polar surface area (TPSA) is 34.9 Å². The molecule has 0 unspecified atom stereocenters. The molecule has 0 atom stereocenters. The van der Waals surface area contributed by atoms with Crippen molar-refractivity contribution in [3.05, 3.63) is 54.4 Å². The zero-order valence-corrected chi connectivity index (χ0v) is 7.93. The number of carbonyl (C=O) groups is 1. The smallest absolute Gasteiger partial charge is 0.230 e. The maximum atomic E-state index is 12.5. The first-order valence-corrected chi connectivity index (χ1v) is 4.51. The van der Waals surface area contributed by atoms with E-state index in [-0.39, 0.29) is 12.3 Å². The van der Waals surface area contributed by atoms with Crippen LogP contribution in [0.3, 0.4) is 0 Å². The number of imidazole rings is 1. The van der Waals surface area contributed by atoms with Crippen LogP contribution in [0.4, 0.5) is 4.39 Å². The van der Waals surface area contributed by atoms with Crippen molar-refractivity contribution >= 4 is 5.78 Å². The summed E-state index contributed by atoms with van der Waals surface area (Å²) in [6.07, 6.45) is 2.50. The summed E-state index contributed by atoms with van der Waals surface area (Å²) in [5.74, 6) is -0.635. The molecule has 0 aliphatic heterocycles. The summed E-state index contributed by atoms with van der Waals surface area (Å²) in [6, 6.07) is 8.89. The molecular formula is C11H9FN2O. The lowest BCUT2D eigenvalue weighted by Gasteiger charge is -2.00. The van der Waals surface area contributed by atoms with Crippen LogP contribution in [0.1, 0.15) is 10.4 Å². The summed E-state index contributed by atoms with van der Waals surface area (Å²) in [7, 11) is 0. The van der Waals surface area contributed by atoms with Crippen LogP contribution < -0.4 is 0 Å². The van der Waals surface area contributed by atoms with E-state index in [4.69, 9.17) is 0 Å². The summed E-state index contributed by atoms with van der Waals surface area (Å²) in [4.78, 5) is 15.1. The van der Waals surface area contributed by atoms with E-state index in [1.807, 2.05) is 6.07 Å². The molecule has 0 N–H and O–H groups in total. The fourth-order valence-corrected chi connectivity index (χ4v) is 1.30. The lowest BCUT2D eigenvalue weighted by Crippen LogP contribution is -2.08. The van der Waals surface area contributed by atoms with E-state index in [9.17, 15) is 9.18 Å². The molecule has 1 aromatic carbocycles. The molecule has 2 aromatic rings. The van der Waals surface area contributed by atoms with Crippen molar-refractivity contribution < 1.29 is 9.18 Å². The van der Waals surface area contributed by atoms with Crippen LogP contribution in [0.25, 0.3) is 0 Å². The molecule has 3 nitrogen and oxygen atoms in total. The lowest BCUT2D eigenvalue weighted by molar-refractivity contribution is 0.0972. The second-order valence-corrected chi connectivity index (χ2v) is 3.16. The lowest BCUT2D eigenvalue weighted by atomic mass is 10.1. The number of hydrogen-bond acceptors (Lipinski definition) is 2. The molecule has 0 saturated heterocycles. The third kappa shape index (κ3) is 2.28. The van der Waals surface area contributed by atoms with Crippen LogP contribution in [0.5, 0.6) is 0 Å². The fraction of sp³-hybridized carbons (Fsp3) is 0.0909. The molecule has 0 aliphatic rings. The first kappa shape index (κ1) is 9.58. The third-order valence-corrected chi connectivity index (χ3v) is 2.02. The van der Waals surface area contributed by atoms with Gasteiger partial charge >= 0.3 is 0 Å². The first-order valence-electron chi connectivity index (χ1n) is 4.51. The summed E-state index contributed by atoms with van der Waals surface area (Å²) in [6.45, 7) is 0.112. The van der Waals surface area contributed by atoms with Gasteiger partial charge in [0.15, 0.2) is 5.78 Å². The van der Waals surface area contributed by atoms with E-state index in [1.165, 1.54) is 17.1 Å². The van der Waals surface area contributed by atoms with Crippen molar-refractivity contribution in [1.29, 1.82) is 0 Å². The van der Waals surface area contributed by atoms with Gasteiger partial charge in [0.05, 0.1) is 19.1 Å². The minimum absolute atomic E-state index is 0.0620. The SMILES string of the molecule is O=C(Cn1cnc(F)c1)c1ccccc1. The Labute approximate surface area is 86.2 Å². The number of rotatable bonds is 3. The largest absolute Gasteiger partial charge is 0.327 e. The number of Topliss-reactive ketones (excluding diaryl/α,β-unsaturated/α-hetero) is 1. The Morgan fingerprint density at radius 2 is 2.07 bits per heavy atom. The van der Waals surface area contributed by atoms with Crippen LogP contribution in [0, 0.1) is 5.95 Å². The number of halogens is 1. The maximum absolute atomic E-state index is 12.5. The van der Waals surface area contributed by atoms with Crippen LogP contribution in [-0.4, -0.2) is 15.3 Å². The highest BCUT2D eigenvalue weighted by Gasteiger charge is 2.06. The quantitative estimate of drug-likeness (QED) is 0.716. The van der Waals surface area contributed by atoms with Gasteiger partial charge in [0.2, 0.25) is 5.95 Å². The average Bonchev–Trinajstić information content (AvgIpc) is 2.65. The van der Waals surface area contributed by atoms with E-state index < -0.39 is 5.95 Å². The normalized spacial score (nSPS) is 10.2. The van der Waals surface area contributed by atoms with Gasteiger partial charge in [0, 0.05) is 5.56 Å². The first-order chi connectivity index (χ1) is 7.25. The predicted octanol–water partition coefficient (Wildman–Crippen LogP) is 1.91. The Balaban J connectivity index is 2.11. The molecule has 15 heavy (non-hydrogen) atoms. The average molecular weight is 204 g/mol. The van der Waals surface area contributed by atoms with E-state index in [1.54, 1.807) is 24.3 Å². The van der Waals surface area contributed by atoms with Gasteiger partial charge in [-0.2, -0.15) is 4.39 Å². The Morgan fingerprint density at radius 1 is 1.33 bits per heavy atom. The molecule has 1 heterocycles. The molecule has 2 rings (SSSR count). The summed E-state index contributed by atoms with van der Waals surface area (Å²) in [5.41, 5.74) is 0.617. The van der Waals surface area contributed by atoms with Gasteiger partial charge in [-0.3, -0.25) is 4.79 Å². The highest BCUT2D eigenvalue weighted by molar-refractivity contribution is 5.95. The highest BCUT2D eigenvalue weighted by Crippen LogP contribution is 2.02. The summed E-state index contributed by atoms with van der Waals surface area (Å²) >= 11 is 0. The van der Waals surface area contributed by atoms with Crippen LogP contribution in [-0.2, 0) is 6.54 Å². The van der Waals surface area contributed by atoms with Crippen LogP contribution in [0.15, 0.2) is 42.9 Å². The molecule has 76 valence electrons. The predicted molar refractivity (Wildman–Crippen MR) is 53.0 cm³/mol. The molecule has 1 aromatic heterocycles. The molecule has 0 fully saturated rings.